The quantitative estimate of drug-likeness (QED) is 0.722. The fourth-order valence-corrected chi connectivity index (χ4v) is 3.76. The molecule has 0 bridgehead atoms. The van der Waals surface area contributed by atoms with E-state index in [1.807, 2.05) is 11.8 Å². The molecule has 2 unspecified atom stereocenters. The van der Waals surface area contributed by atoms with Crippen LogP contribution in [0.3, 0.4) is 0 Å². The summed E-state index contributed by atoms with van der Waals surface area (Å²) in [6.45, 7) is 1.01. The second-order valence-electron chi connectivity index (χ2n) is 4.55. The average Bonchev–Trinajstić information content (AvgIpc) is 2.74. The number of nitrogens with one attached hydrogen (secondary N) is 2. The summed E-state index contributed by atoms with van der Waals surface area (Å²) in [5.74, 6) is 4.60. The molecule has 0 aromatic heterocycles. The van der Waals surface area contributed by atoms with Gasteiger partial charge in [-0.2, -0.15) is 11.8 Å². The highest BCUT2D eigenvalue weighted by Gasteiger charge is 2.40. The molecular formula is C12H18N2O2S. The third-order valence-corrected chi connectivity index (χ3v) is 4.47. The highest BCUT2D eigenvalue weighted by atomic mass is 32.2. The van der Waals surface area contributed by atoms with Crippen molar-refractivity contribution in [3.63, 3.8) is 0 Å². The Kier molecular flexibility index (Phi) is 4.19. The first-order chi connectivity index (χ1) is 8.24. The lowest BCUT2D eigenvalue weighted by Crippen LogP contribution is -2.51. The molecule has 17 heavy (non-hydrogen) atoms. The number of carbonyl (C=O) groups excluding carboxylic acids is 1. The fourth-order valence-electron chi connectivity index (χ4n) is 2.38. The van der Waals surface area contributed by atoms with E-state index in [2.05, 4.69) is 16.6 Å². The van der Waals surface area contributed by atoms with Crippen LogP contribution in [-0.2, 0) is 4.74 Å². The van der Waals surface area contributed by atoms with Gasteiger partial charge in [0.15, 0.2) is 0 Å². The van der Waals surface area contributed by atoms with E-state index in [0.29, 0.717) is 0 Å². The lowest BCUT2D eigenvalue weighted by atomic mass is 9.90. The van der Waals surface area contributed by atoms with Crippen LogP contribution in [-0.4, -0.2) is 42.3 Å². The molecule has 2 fully saturated rings. The Hall–Kier alpha value is -0.860. The predicted octanol–water partition coefficient (Wildman–Crippen LogP) is 0.974. The zero-order chi connectivity index (χ0) is 12.1. The van der Waals surface area contributed by atoms with Crippen molar-refractivity contribution in [1.82, 2.24) is 10.6 Å². The number of amides is 2. The van der Waals surface area contributed by atoms with E-state index in [1.54, 1.807) is 0 Å². The van der Waals surface area contributed by atoms with Gasteiger partial charge in [-0.3, -0.25) is 0 Å². The van der Waals surface area contributed by atoms with Crippen LogP contribution in [0.1, 0.15) is 19.3 Å². The van der Waals surface area contributed by atoms with Gasteiger partial charge in [-0.15, -0.1) is 6.42 Å². The van der Waals surface area contributed by atoms with Gasteiger partial charge >= 0.3 is 6.03 Å². The smallest absolute Gasteiger partial charge is 0.315 e. The maximum Gasteiger partial charge on any atom is 0.315 e. The Morgan fingerprint density at radius 3 is 3.24 bits per heavy atom. The average molecular weight is 254 g/mol. The van der Waals surface area contributed by atoms with Crippen molar-refractivity contribution in [2.75, 3.05) is 24.7 Å². The van der Waals surface area contributed by atoms with E-state index in [-0.39, 0.29) is 24.2 Å². The third-order valence-electron chi connectivity index (χ3n) is 3.25. The highest BCUT2D eigenvalue weighted by Crippen LogP contribution is 2.38. The number of rotatable bonds is 2. The van der Waals surface area contributed by atoms with Crippen molar-refractivity contribution in [2.45, 2.75) is 30.9 Å². The second-order valence-corrected chi connectivity index (χ2v) is 5.66. The van der Waals surface area contributed by atoms with Gasteiger partial charge in [0.2, 0.25) is 0 Å². The molecule has 0 saturated carbocycles. The van der Waals surface area contributed by atoms with E-state index in [0.717, 1.165) is 37.4 Å². The number of hydrogen-bond acceptors (Lipinski definition) is 3. The van der Waals surface area contributed by atoms with Gasteiger partial charge in [0.1, 0.15) is 0 Å². The first kappa shape index (κ1) is 12.6. The maximum atomic E-state index is 11.5. The predicted molar refractivity (Wildman–Crippen MR) is 69.0 cm³/mol. The number of hydrogen-bond donors (Lipinski definition) is 2. The van der Waals surface area contributed by atoms with E-state index < -0.39 is 0 Å². The van der Waals surface area contributed by atoms with E-state index in [9.17, 15) is 4.79 Å². The molecule has 2 aliphatic heterocycles. The van der Waals surface area contributed by atoms with Crippen molar-refractivity contribution in [2.24, 2.45) is 0 Å². The Bertz CT molecular complexity index is 321. The van der Waals surface area contributed by atoms with Crippen molar-refractivity contribution < 1.29 is 9.53 Å². The first-order valence-electron chi connectivity index (χ1n) is 5.94. The zero-order valence-electron chi connectivity index (χ0n) is 9.83. The third kappa shape index (κ3) is 3.30. The minimum absolute atomic E-state index is 0.00693. The molecule has 0 aromatic carbocycles. The van der Waals surface area contributed by atoms with Gasteiger partial charge in [-0.25, -0.2) is 4.79 Å². The fraction of sp³-hybridized carbons (Fsp3) is 0.750. The minimum atomic E-state index is -0.171. The molecule has 0 aliphatic carbocycles. The summed E-state index contributed by atoms with van der Waals surface area (Å²) in [5, 5.41) is 5.60. The van der Waals surface area contributed by atoms with Crippen LogP contribution >= 0.6 is 11.8 Å². The molecule has 1 spiro atoms. The summed E-state index contributed by atoms with van der Waals surface area (Å²) in [6, 6.07) is 0.0378. The second kappa shape index (κ2) is 5.65. The van der Waals surface area contributed by atoms with Crippen LogP contribution in [0.2, 0.25) is 0 Å². The molecule has 2 N–H and O–H groups in total. The Balaban J connectivity index is 1.81. The van der Waals surface area contributed by atoms with Crippen LogP contribution in [0.25, 0.3) is 0 Å². The number of urea groups is 1. The maximum absolute atomic E-state index is 11.5. The summed E-state index contributed by atoms with van der Waals surface area (Å²) in [4.78, 5) is 11.5. The van der Waals surface area contributed by atoms with Crippen LogP contribution in [0.5, 0.6) is 0 Å². The molecular weight excluding hydrogens is 236 g/mol. The van der Waals surface area contributed by atoms with Crippen LogP contribution in [0.15, 0.2) is 0 Å². The minimum Gasteiger partial charge on any atom is -0.374 e. The Morgan fingerprint density at radius 2 is 2.53 bits per heavy atom. The molecule has 2 amide bonds. The first-order valence-corrected chi connectivity index (χ1v) is 7.09. The van der Waals surface area contributed by atoms with Crippen molar-refractivity contribution in [3.8, 4) is 12.3 Å². The highest BCUT2D eigenvalue weighted by molar-refractivity contribution is 7.99. The lowest BCUT2D eigenvalue weighted by molar-refractivity contribution is -0.0684. The summed E-state index contributed by atoms with van der Waals surface area (Å²) < 4.78 is 5.89. The summed E-state index contributed by atoms with van der Waals surface area (Å²) in [5.41, 5.74) is 0.00693. The molecule has 2 atom stereocenters. The van der Waals surface area contributed by atoms with Crippen LogP contribution in [0, 0.1) is 12.3 Å². The van der Waals surface area contributed by atoms with Gasteiger partial charge < -0.3 is 15.4 Å². The topological polar surface area (TPSA) is 50.4 Å². The van der Waals surface area contributed by atoms with Crippen molar-refractivity contribution in [3.05, 3.63) is 0 Å². The Labute approximate surface area is 106 Å². The van der Waals surface area contributed by atoms with Gasteiger partial charge in [0.25, 0.3) is 0 Å². The van der Waals surface area contributed by atoms with Crippen molar-refractivity contribution >= 4 is 17.8 Å². The molecule has 2 aliphatic rings. The number of ether oxygens (including phenoxy) is 1. The lowest BCUT2D eigenvalue weighted by Gasteiger charge is -2.37. The molecule has 2 rings (SSSR count). The normalized spacial score (nSPS) is 32.1. The molecule has 2 saturated heterocycles. The largest absolute Gasteiger partial charge is 0.374 e. The molecule has 2 heterocycles. The molecule has 0 aromatic rings. The standard InChI is InChI=1S/C12H18N2O2S/c1-2-5-13-11(15)14-10-3-6-16-12(8-10)4-7-17-9-12/h1,10H,3-9H2,(H2,13,14,15). The number of carbonyl (C=O) groups is 1. The van der Waals surface area contributed by atoms with Crippen LogP contribution in [0.4, 0.5) is 4.79 Å². The monoisotopic (exact) mass is 254 g/mol. The van der Waals surface area contributed by atoms with E-state index >= 15 is 0 Å². The van der Waals surface area contributed by atoms with E-state index in [4.69, 9.17) is 11.2 Å². The summed E-state index contributed by atoms with van der Waals surface area (Å²) in [7, 11) is 0. The molecule has 4 nitrogen and oxygen atoms in total. The van der Waals surface area contributed by atoms with E-state index in [1.165, 1.54) is 0 Å². The summed E-state index contributed by atoms with van der Waals surface area (Å²) >= 11 is 1.93. The van der Waals surface area contributed by atoms with Crippen molar-refractivity contribution in [1.29, 1.82) is 0 Å². The zero-order valence-corrected chi connectivity index (χ0v) is 10.6. The van der Waals surface area contributed by atoms with Gasteiger partial charge in [0, 0.05) is 18.4 Å². The molecule has 5 heteroatoms. The number of thioether (sulfide) groups is 1. The SMILES string of the molecule is C#CCNC(=O)NC1CCOC2(CCSC2)C1. The van der Waals surface area contributed by atoms with Gasteiger partial charge in [0.05, 0.1) is 12.1 Å². The Morgan fingerprint density at radius 1 is 1.65 bits per heavy atom. The van der Waals surface area contributed by atoms with Gasteiger partial charge in [-0.05, 0) is 25.0 Å². The van der Waals surface area contributed by atoms with Gasteiger partial charge in [-0.1, -0.05) is 5.92 Å². The number of terminal acetylenes is 1. The molecule has 94 valence electrons. The van der Waals surface area contributed by atoms with Crippen LogP contribution < -0.4 is 10.6 Å². The molecule has 0 radical (unpaired) electrons. The summed E-state index contributed by atoms with van der Waals surface area (Å²) in [6.07, 6.45) is 7.99.